The second-order valence-electron chi connectivity index (χ2n) is 7.66. The standard InChI is InChI=1S/C25H22FNO4/c1-15-10-11-16(22(26)12-15)13-23(24(28)29)27-25(30)31-14-21-19-8-4-2-6-17(19)18-7-3-5-9-20(18)21/h2-12,21,23H,13-14H2,1H3,(H,27,30)(H,28,29)/t23-/m1/s1. The number of carboxylic acid groups (broad SMARTS) is 1. The molecule has 0 fully saturated rings. The van der Waals surface area contributed by atoms with Crippen LogP contribution in [-0.4, -0.2) is 29.8 Å². The third kappa shape index (κ3) is 4.28. The zero-order chi connectivity index (χ0) is 22.0. The number of benzene rings is 3. The predicted octanol–water partition coefficient (Wildman–Crippen LogP) is 4.67. The highest BCUT2D eigenvalue weighted by Gasteiger charge is 2.30. The number of nitrogens with one attached hydrogen (secondary N) is 1. The van der Waals surface area contributed by atoms with Crippen molar-refractivity contribution in [2.45, 2.75) is 25.3 Å². The van der Waals surface area contributed by atoms with Gasteiger partial charge in [-0.15, -0.1) is 0 Å². The van der Waals surface area contributed by atoms with Gasteiger partial charge < -0.3 is 15.2 Å². The molecule has 0 saturated heterocycles. The van der Waals surface area contributed by atoms with Crippen LogP contribution in [0.3, 0.4) is 0 Å². The molecule has 1 aliphatic rings. The van der Waals surface area contributed by atoms with Crippen molar-refractivity contribution in [1.29, 1.82) is 0 Å². The van der Waals surface area contributed by atoms with Crippen molar-refractivity contribution >= 4 is 12.1 Å². The van der Waals surface area contributed by atoms with Gasteiger partial charge in [0.25, 0.3) is 0 Å². The number of hydrogen-bond donors (Lipinski definition) is 2. The number of alkyl carbamates (subject to hydrolysis) is 1. The van der Waals surface area contributed by atoms with Crippen molar-refractivity contribution < 1.29 is 23.8 Å². The van der Waals surface area contributed by atoms with Gasteiger partial charge in [-0.05, 0) is 46.4 Å². The molecule has 158 valence electrons. The van der Waals surface area contributed by atoms with Crippen LogP contribution in [0.4, 0.5) is 9.18 Å². The molecule has 5 nitrogen and oxygen atoms in total. The number of fused-ring (bicyclic) bond motifs is 3. The van der Waals surface area contributed by atoms with Gasteiger partial charge in [-0.3, -0.25) is 0 Å². The number of carbonyl (C=O) groups excluding carboxylic acids is 1. The number of amides is 1. The molecular formula is C25H22FNO4. The fraction of sp³-hybridized carbons (Fsp3) is 0.200. The number of aryl methyl sites for hydroxylation is 1. The summed E-state index contributed by atoms with van der Waals surface area (Å²) >= 11 is 0. The highest BCUT2D eigenvalue weighted by Crippen LogP contribution is 2.44. The molecule has 3 aromatic carbocycles. The monoisotopic (exact) mass is 419 g/mol. The summed E-state index contributed by atoms with van der Waals surface area (Å²) in [6.45, 7) is 1.82. The molecule has 6 heteroatoms. The smallest absolute Gasteiger partial charge is 0.407 e. The second-order valence-corrected chi connectivity index (χ2v) is 7.66. The van der Waals surface area contributed by atoms with E-state index in [2.05, 4.69) is 5.32 Å². The molecule has 2 N–H and O–H groups in total. The van der Waals surface area contributed by atoms with Gasteiger partial charge in [-0.1, -0.05) is 60.7 Å². The van der Waals surface area contributed by atoms with E-state index in [1.807, 2.05) is 48.5 Å². The van der Waals surface area contributed by atoms with Gasteiger partial charge in [0.15, 0.2) is 0 Å². The maximum atomic E-state index is 14.1. The average Bonchev–Trinajstić information content (AvgIpc) is 3.07. The van der Waals surface area contributed by atoms with Gasteiger partial charge >= 0.3 is 12.1 Å². The number of ether oxygens (including phenoxy) is 1. The lowest BCUT2D eigenvalue weighted by Crippen LogP contribution is -2.43. The molecule has 0 aromatic heterocycles. The molecule has 0 radical (unpaired) electrons. The number of halogens is 1. The van der Waals surface area contributed by atoms with E-state index in [4.69, 9.17) is 4.74 Å². The number of carboxylic acids is 1. The van der Waals surface area contributed by atoms with Crippen LogP contribution in [0, 0.1) is 12.7 Å². The Labute approximate surface area is 179 Å². The lowest BCUT2D eigenvalue weighted by atomic mass is 9.98. The molecule has 1 atom stereocenters. The van der Waals surface area contributed by atoms with E-state index >= 15 is 0 Å². The second kappa shape index (κ2) is 8.60. The Morgan fingerprint density at radius 1 is 1.03 bits per heavy atom. The van der Waals surface area contributed by atoms with Crippen LogP contribution in [0.1, 0.15) is 28.2 Å². The van der Waals surface area contributed by atoms with Crippen LogP contribution in [0.25, 0.3) is 11.1 Å². The van der Waals surface area contributed by atoms with Crippen molar-refractivity contribution in [3.05, 3.63) is 94.8 Å². The Bertz CT molecular complexity index is 1100. The van der Waals surface area contributed by atoms with Crippen LogP contribution >= 0.6 is 0 Å². The maximum absolute atomic E-state index is 14.1. The minimum absolute atomic E-state index is 0.0745. The Hall–Kier alpha value is -3.67. The van der Waals surface area contributed by atoms with Gasteiger partial charge in [-0.2, -0.15) is 0 Å². The predicted molar refractivity (Wildman–Crippen MR) is 114 cm³/mol. The van der Waals surface area contributed by atoms with Gasteiger partial charge in [0.05, 0.1) is 0 Å². The summed E-state index contributed by atoms with van der Waals surface area (Å²) in [5.41, 5.74) is 5.28. The van der Waals surface area contributed by atoms with Crippen LogP contribution < -0.4 is 5.32 Å². The summed E-state index contributed by atoms with van der Waals surface area (Å²) < 4.78 is 19.5. The summed E-state index contributed by atoms with van der Waals surface area (Å²) in [5, 5.41) is 11.8. The van der Waals surface area contributed by atoms with E-state index in [9.17, 15) is 19.1 Å². The zero-order valence-corrected chi connectivity index (χ0v) is 17.0. The molecule has 0 aliphatic heterocycles. The number of hydrogen-bond acceptors (Lipinski definition) is 3. The normalized spacial score (nSPS) is 13.2. The van der Waals surface area contributed by atoms with Gasteiger partial charge in [0, 0.05) is 12.3 Å². The van der Waals surface area contributed by atoms with E-state index in [0.717, 1.165) is 27.8 Å². The Morgan fingerprint density at radius 3 is 2.23 bits per heavy atom. The van der Waals surface area contributed by atoms with Gasteiger partial charge in [0.1, 0.15) is 18.5 Å². The highest BCUT2D eigenvalue weighted by atomic mass is 19.1. The Balaban J connectivity index is 1.44. The van der Waals surface area contributed by atoms with Crippen molar-refractivity contribution in [3.63, 3.8) is 0 Å². The molecule has 3 aromatic rings. The van der Waals surface area contributed by atoms with Crippen LogP contribution in [0.2, 0.25) is 0 Å². The third-order valence-electron chi connectivity index (χ3n) is 5.57. The molecule has 0 bridgehead atoms. The van der Waals surface area contributed by atoms with Gasteiger partial charge in [0.2, 0.25) is 0 Å². The first-order chi connectivity index (χ1) is 14.9. The first-order valence-electron chi connectivity index (χ1n) is 10.0. The molecular weight excluding hydrogens is 397 g/mol. The molecule has 1 aliphatic carbocycles. The maximum Gasteiger partial charge on any atom is 0.407 e. The average molecular weight is 419 g/mol. The third-order valence-corrected chi connectivity index (χ3v) is 5.57. The fourth-order valence-corrected chi connectivity index (χ4v) is 4.02. The summed E-state index contributed by atoms with van der Waals surface area (Å²) in [5.74, 6) is -1.88. The highest BCUT2D eigenvalue weighted by molar-refractivity contribution is 5.81. The largest absolute Gasteiger partial charge is 0.480 e. The van der Waals surface area contributed by atoms with Crippen LogP contribution in [0.15, 0.2) is 66.7 Å². The number of carbonyl (C=O) groups is 2. The van der Waals surface area contributed by atoms with Crippen LogP contribution in [-0.2, 0) is 16.0 Å². The summed E-state index contributed by atoms with van der Waals surface area (Å²) in [7, 11) is 0. The molecule has 0 spiro atoms. The van der Waals surface area contributed by atoms with Crippen molar-refractivity contribution in [1.82, 2.24) is 5.32 Å². The SMILES string of the molecule is Cc1ccc(C[C@@H](NC(=O)OCC2c3ccccc3-c3ccccc32)C(=O)O)c(F)c1. The number of rotatable bonds is 6. The summed E-state index contributed by atoms with van der Waals surface area (Å²) in [4.78, 5) is 24.0. The summed E-state index contributed by atoms with van der Waals surface area (Å²) in [6.07, 6.45) is -1.02. The first kappa shape index (κ1) is 20.6. The molecule has 0 unspecified atom stereocenters. The van der Waals surface area contributed by atoms with Crippen LogP contribution in [0.5, 0.6) is 0 Å². The minimum atomic E-state index is -1.30. The van der Waals surface area contributed by atoms with E-state index < -0.39 is 23.9 Å². The van der Waals surface area contributed by atoms with Gasteiger partial charge in [-0.25, -0.2) is 14.0 Å². The molecule has 4 rings (SSSR count). The lowest BCUT2D eigenvalue weighted by molar-refractivity contribution is -0.139. The summed E-state index contributed by atoms with van der Waals surface area (Å²) in [6, 6.07) is 19.1. The fourth-order valence-electron chi connectivity index (χ4n) is 4.02. The quantitative estimate of drug-likeness (QED) is 0.609. The lowest BCUT2D eigenvalue weighted by Gasteiger charge is -2.18. The molecule has 0 saturated carbocycles. The van der Waals surface area contributed by atoms with Crippen molar-refractivity contribution in [3.8, 4) is 11.1 Å². The van der Waals surface area contributed by atoms with E-state index in [1.165, 1.54) is 12.1 Å². The van der Waals surface area contributed by atoms with E-state index in [1.54, 1.807) is 13.0 Å². The number of aliphatic carboxylic acids is 1. The Kier molecular flexibility index (Phi) is 5.71. The van der Waals surface area contributed by atoms with E-state index in [-0.39, 0.29) is 24.5 Å². The van der Waals surface area contributed by atoms with E-state index in [0.29, 0.717) is 0 Å². The van der Waals surface area contributed by atoms with Crippen molar-refractivity contribution in [2.24, 2.45) is 0 Å². The van der Waals surface area contributed by atoms with Crippen molar-refractivity contribution in [2.75, 3.05) is 6.61 Å². The topological polar surface area (TPSA) is 75.6 Å². The zero-order valence-electron chi connectivity index (χ0n) is 17.0. The Morgan fingerprint density at radius 2 is 1.65 bits per heavy atom. The molecule has 31 heavy (non-hydrogen) atoms. The molecule has 1 amide bonds. The first-order valence-corrected chi connectivity index (χ1v) is 10.0. The minimum Gasteiger partial charge on any atom is -0.480 e. The molecule has 0 heterocycles.